The van der Waals surface area contributed by atoms with Gasteiger partial charge >= 0.3 is 0 Å². The number of hydrogen-bond donors (Lipinski definition) is 2. The Kier molecular flexibility index (Phi) is 6.07. The number of carbonyl (C=O) groups is 1. The number of hydrogen-bond acceptors (Lipinski definition) is 4. The lowest BCUT2D eigenvalue weighted by molar-refractivity contribution is 0.0930. The van der Waals surface area contributed by atoms with Crippen molar-refractivity contribution >= 4 is 5.91 Å². The van der Waals surface area contributed by atoms with E-state index in [4.69, 9.17) is 9.83 Å². The fraction of sp³-hybridized carbons (Fsp3) is 0.250. The highest BCUT2D eigenvalue weighted by Crippen LogP contribution is 2.40. The van der Waals surface area contributed by atoms with Crippen molar-refractivity contribution in [2.24, 2.45) is 5.92 Å². The Balaban J connectivity index is 1.52. The number of aryl methyl sites for hydroxylation is 2. The summed E-state index contributed by atoms with van der Waals surface area (Å²) in [5, 5.41) is 11.2. The summed E-state index contributed by atoms with van der Waals surface area (Å²) in [4.78, 5) is 18.1. The molecule has 7 heteroatoms. The molecule has 1 fully saturated rings. The number of nitrogens with one attached hydrogen (secondary N) is 2. The Labute approximate surface area is 203 Å². The molecule has 0 aliphatic heterocycles. The van der Waals surface area contributed by atoms with Crippen LogP contribution in [0.5, 0.6) is 0 Å². The summed E-state index contributed by atoms with van der Waals surface area (Å²) in [6.45, 7) is 4.24. The Hall–Kier alpha value is -4.00. The third-order valence-corrected chi connectivity index (χ3v) is 6.42. The van der Waals surface area contributed by atoms with Gasteiger partial charge in [-0.3, -0.25) is 19.8 Å². The minimum absolute atomic E-state index is 0.0266. The second-order valence-corrected chi connectivity index (χ2v) is 9.26. The Morgan fingerprint density at radius 2 is 2.03 bits per heavy atom. The van der Waals surface area contributed by atoms with Gasteiger partial charge in [0.2, 0.25) is 0 Å². The molecule has 2 aromatic carbocycles. The summed E-state index contributed by atoms with van der Waals surface area (Å²) >= 11 is 0. The Bertz CT molecular complexity index is 1450. The Morgan fingerprint density at radius 1 is 1.20 bits per heavy atom. The lowest BCUT2D eigenvalue weighted by Crippen LogP contribution is -2.30. The van der Waals surface area contributed by atoms with E-state index in [1.54, 1.807) is 23.0 Å². The fourth-order valence-electron chi connectivity index (χ4n) is 4.46. The molecular formula is C28H27FN4O2. The monoisotopic (exact) mass is 470 g/mol. The van der Waals surface area contributed by atoms with Crippen molar-refractivity contribution in [1.29, 1.82) is 5.41 Å². The minimum Gasteiger partial charge on any atom is -0.432 e. The standard InChI is InChI=1S/C28H27FN4O2/c1-17-7-8-31-25(11-17)26(20-3-4-20)32-27(34)22-14-19(16-33-9-10-35-28(33)30)13-21(15-22)24-6-5-23(29)12-18(24)2/h5-15,20,26,30H,3-4,16H2,1-2H3,(H,32,34)/t26-/m0/s1. The van der Waals surface area contributed by atoms with Gasteiger partial charge < -0.3 is 9.73 Å². The largest absolute Gasteiger partial charge is 0.432 e. The van der Waals surface area contributed by atoms with Crippen molar-refractivity contribution in [2.45, 2.75) is 39.3 Å². The van der Waals surface area contributed by atoms with E-state index in [1.807, 2.05) is 44.2 Å². The van der Waals surface area contributed by atoms with Crippen molar-refractivity contribution in [3.63, 3.8) is 0 Å². The van der Waals surface area contributed by atoms with Gasteiger partial charge in [0.05, 0.1) is 18.3 Å². The van der Waals surface area contributed by atoms with Crippen LogP contribution in [-0.4, -0.2) is 15.5 Å². The highest BCUT2D eigenvalue weighted by atomic mass is 19.1. The molecule has 0 saturated heterocycles. The van der Waals surface area contributed by atoms with E-state index >= 15 is 0 Å². The maximum atomic E-state index is 13.8. The van der Waals surface area contributed by atoms with E-state index in [2.05, 4.69) is 10.3 Å². The first-order chi connectivity index (χ1) is 16.9. The summed E-state index contributed by atoms with van der Waals surface area (Å²) in [7, 11) is 0. The van der Waals surface area contributed by atoms with Crippen LogP contribution < -0.4 is 11.0 Å². The molecule has 1 aliphatic rings. The van der Waals surface area contributed by atoms with Crippen molar-refractivity contribution in [2.75, 3.05) is 0 Å². The van der Waals surface area contributed by atoms with Gasteiger partial charge in [-0.2, -0.15) is 0 Å². The molecule has 178 valence electrons. The second kappa shape index (κ2) is 9.33. The average Bonchev–Trinajstić information content (AvgIpc) is 3.59. The molecule has 35 heavy (non-hydrogen) atoms. The van der Waals surface area contributed by atoms with Crippen LogP contribution in [0.3, 0.4) is 0 Å². The van der Waals surface area contributed by atoms with Crippen molar-refractivity contribution < 1.29 is 13.6 Å². The summed E-state index contributed by atoms with van der Waals surface area (Å²) in [6, 6.07) is 14.1. The van der Waals surface area contributed by atoms with Gasteiger partial charge in [0, 0.05) is 18.0 Å². The van der Waals surface area contributed by atoms with Gasteiger partial charge in [-0.25, -0.2) is 4.39 Å². The predicted octanol–water partition coefficient (Wildman–Crippen LogP) is 5.31. The molecule has 1 aliphatic carbocycles. The summed E-state index contributed by atoms with van der Waals surface area (Å²) in [6.07, 6.45) is 7.04. The summed E-state index contributed by atoms with van der Waals surface area (Å²) < 4.78 is 20.5. The molecule has 5 rings (SSSR count). The highest BCUT2D eigenvalue weighted by Gasteiger charge is 2.34. The topological polar surface area (TPSA) is 83.9 Å². The summed E-state index contributed by atoms with van der Waals surface area (Å²) in [5.41, 5.74) is 5.81. The van der Waals surface area contributed by atoms with Gasteiger partial charge in [-0.05, 0) is 103 Å². The fourth-order valence-corrected chi connectivity index (χ4v) is 4.46. The van der Waals surface area contributed by atoms with Crippen molar-refractivity contribution in [3.8, 4) is 11.1 Å². The van der Waals surface area contributed by atoms with Crippen LogP contribution in [0.2, 0.25) is 0 Å². The number of carbonyl (C=O) groups excluding carboxylic acids is 1. The number of aromatic nitrogens is 2. The van der Waals surface area contributed by atoms with Gasteiger partial charge in [-0.1, -0.05) is 6.07 Å². The van der Waals surface area contributed by atoms with E-state index < -0.39 is 0 Å². The third kappa shape index (κ3) is 5.09. The SMILES string of the molecule is Cc1ccnc([C@@H](NC(=O)c2cc(Cn3ccoc3=N)cc(-c3ccc(F)cc3C)c2)C2CC2)c1. The zero-order valence-corrected chi connectivity index (χ0v) is 19.7. The number of benzene rings is 2. The van der Waals surface area contributed by atoms with E-state index in [0.717, 1.165) is 46.4 Å². The lowest BCUT2D eigenvalue weighted by Gasteiger charge is -2.19. The maximum absolute atomic E-state index is 13.8. The first kappa shape index (κ1) is 22.8. The van der Waals surface area contributed by atoms with Gasteiger partial charge in [0.1, 0.15) is 12.1 Å². The molecule has 4 aromatic rings. The molecule has 0 spiro atoms. The third-order valence-electron chi connectivity index (χ3n) is 6.42. The quantitative estimate of drug-likeness (QED) is 0.384. The zero-order chi connectivity index (χ0) is 24.5. The Morgan fingerprint density at radius 3 is 2.71 bits per heavy atom. The molecule has 0 bridgehead atoms. The molecule has 2 N–H and O–H groups in total. The molecule has 6 nitrogen and oxygen atoms in total. The number of amides is 1. The first-order valence-electron chi connectivity index (χ1n) is 11.7. The molecule has 0 radical (unpaired) electrons. The molecule has 1 saturated carbocycles. The van der Waals surface area contributed by atoms with Crippen LogP contribution in [0.25, 0.3) is 11.1 Å². The number of oxazole rings is 1. The molecule has 2 heterocycles. The van der Waals surface area contributed by atoms with Gasteiger partial charge in [-0.15, -0.1) is 0 Å². The van der Waals surface area contributed by atoms with E-state index in [-0.39, 0.29) is 23.5 Å². The number of nitrogens with zero attached hydrogens (tertiary/aromatic N) is 2. The molecule has 1 atom stereocenters. The normalized spacial score (nSPS) is 14.0. The predicted molar refractivity (Wildman–Crippen MR) is 130 cm³/mol. The summed E-state index contributed by atoms with van der Waals surface area (Å²) in [5.74, 6) is -0.106. The molecular weight excluding hydrogens is 443 g/mol. The van der Waals surface area contributed by atoms with E-state index in [0.29, 0.717) is 18.0 Å². The first-order valence-corrected chi connectivity index (χ1v) is 11.7. The van der Waals surface area contributed by atoms with Crippen LogP contribution in [0, 0.1) is 31.0 Å². The van der Waals surface area contributed by atoms with Crippen LogP contribution in [-0.2, 0) is 6.54 Å². The van der Waals surface area contributed by atoms with Crippen molar-refractivity contribution in [1.82, 2.24) is 14.9 Å². The number of pyridine rings is 1. The second-order valence-electron chi connectivity index (χ2n) is 9.26. The average molecular weight is 471 g/mol. The van der Waals surface area contributed by atoms with Gasteiger partial charge in [0.15, 0.2) is 0 Å². The number of rotatable bonds is 7. The zero-order valence-electron chi connectivity index (χ0n) is 19.7. The van der Waals surface area contributed by atoms with Crippen LogP contribution in [0.4, 0.5) is 4.39 Å². The van der Waals surface area contributed by atoms with Crippen LogP contribution in [0.15, 0.2) is 71.6 Å². The lowest BCUT2D eigenvalue weighted by atomic mass is 9.95. The molecule has 2 aromatic heterocycles. The van der Waals surface area contributed by atoms with E-state index in [1.165, 1.54) is 18.4 Å². The van der Waals surface area contributed by atoms with Gasteiger partial charge in [0.25, 0.3) is 11.6 Å². The van der Waals surface area contributed by atoms with Crippen molar-refractivity contribution in [3.05, 3.63) is 107 Å². The highest BCUT2D eigenvalue weighted by molar-refractivity contribution is 5.96. The van der Waals surface area contributed by atoms with Crippen LogP contribution >= 0.6 is 0 Å². The minimum atomic E-state index is -0.300. The number of halogens is 1. The maximum Gasteiger partial charge on any atom is 0.293 e. The molecule has 1 amide bonds. The molecule has 0 unspecified atom stereocenters. The van der Waals surface area contributed by atoms with E-state index in [9.17, 15) is 9.18 Å². The van der Waals surface area contributed by atoms with Crippen LogP contribution in [0.1, 0.15) is 51.6 Å². The smallest absolute Gasteiger partial charge is 0.293 e.